The minimum Gasteiger partial charge on any atom is -0.448 e. The lowest BCUT2D eigenvalue weighted by Gasteiger charge is -1.98. The third-order valence-electron chi connectivity index (χ3n) is 3.77. The molecule has 0 bridgehead atoms. The van der Waals surface area contributed by atoms with E-state index in [2.05, 4.69) is 9.97 Å². The van der Waals surface area contributed by atoms with Gasteiger partial charge in [0, 0.05) is 18.4 Å². The van der Waals surface area contributed by atoms with Crippen LogP contribution >= 0.6 is 0 Å². The first-order chi connectivity index (χ1) is 12.1. The number of Topliss-reactive ketones (excluding diaryl/α,β-unsaturated/α-hetero) is 1. The van der Waals surface area contributed by atoms with Crippen LogP contribution in [-0.2, 0) is 11.2 Å². The number of ketones is 2. The van der Waals surface area contributed by atoms with Gasteiger partial charge in [-0.05, 0) is 19.8 Å². The highest BCUT2D eigenvalue weighted by Crippen LogP contribution is 2.24. The summed E-state index contributed by atoms with van der Waals surface area (Å²) < 4.78 is 10.7. The summed E-state index contributed by atoms with van der Waals surface area (Å²) in [5.74, 6) is 0.724. The SMILES string of the molecule is CC(=O)CCCCc1nc(C(=O)c2ncoc2-c2ccccc2)co1. The molecule has 0 spiro atoms. The molecular weight excluding hydrogens is 320 g/mol. The minimum absolute atomic E-state index is 0.169. The highest BCUT2D eigenvalue weighted by Gasteiger charge is 2.22. The lowest BCUT2D eigenvalue weighted by atomic mass is 10.1. The Kier molecular flexibility index (Phi) is 5.18. The quantitative estimate of drug-likeness (QED) is 0.458. The molecule has 0 N–H and O–H groups in total. The highest BCUT2D eigenvalue weighted by molar-refractivity contribution is 6.09. The predicted molar refractivity (Wildman–Crippen MR) is 90.1 cm³/mol. The van der Waals surface area contributed by atoms with Crippen LogP contribution in [0.2, 0.25) is 0 Å². The van der Waals surface area contributed by atoms with Gasteiger partial charge in [-0.3, -0.25) is 4.79 Å². The first-order valence-electron chi connectivity index (χ1n) is 8.12. The summed E-state index contributed by atoms with van der Waals surface area (Å²) in [5, 5.41) is 0. The zero-order valence-electron chi connectivity index (χ0n) is 13.9. The van der Waals surface area contributed by atoms with E-state index in [9.17, 15) is 9.59 Å². The van der Waals surface area contributed by atoms with Gasteiger partial charge in [0.1, 0.15) is 12.0 Å². The molecule has 0 saturated carbocycles. The molecule has 0 atom stereocenters. The molecule has 0 amide bonds. The average molecular weight is 338 g/mol. The monoisotopic (exact) mass is 338 g/mol. The Labute approximate surface area is 144 Å². The molecule has 25 heavy (non-hydrogen) atoms. The summed E-state index contributed by atoms with van der Waals surface area (Å²) in [6, 6.07) is 9.31. The van der Waals surface area contributed by atoms with E-state index in [1.54, 1.807) is 6.92 Å². The Hall–Kier alpha value is -3.02. The standard InChI is InChI=1S/C19H18N2O4/c1-13(22)7-5-6-10-16-21-15(11-24-16)18(23)17-19(25-12-20-17)14-8-3-2-4-9-14/h2-4,8-9,11-12H,5-7,10H2,1H3. The van der Waals surface area contributed by atoms with Gasteiger partial charge in [-0.25, -0.2) is 9.97 Å². The fraction of sp³-hybridized carbons (Fsp3) is 0.263. The maximum absolute atomic E-state index is 12.6. The number of hydrogen-bond acceptors (Lipinski definition) is 6. The topological polar surface area (TPSA) is 86.2 Å². The van der Waals surface area contributed by atoms with Crippen molar-refractivity contribution in [2.75, 3.05) is 0 Å². The third kappa shape index (κ3) is 4.09. The van der Waals surface area contributed by atoms with Gasteiger partial charge in [0.15, 0.2) is 29.4 Å². The molecule has 6 heteroatoms. The normalized spacial score (nSPS) is 10.8. The maximum Gasteiger partial charge on any atom is 0.236 e. The molecule has 128 valence electrons. The Morgan fingerprint density at radius 3 is 2.64 bits per heavy atom. The largest absolute Gasteiger partial charge is 0.448 e. The van der Waals surface area contributed by atoms with E-state index in [0.717, 1.165) is 18.4 Å². The van der Waals surface area contributed by atoms with Gasteiger partial charge >= 0.3 is 0 Å². The summed E-state index contributed by atoms with van der Waals surface area (Å²) in [5.41, 5.74) is 1.19. The predicted octanol–water partition coefficient (Wildman–Crippen LogP) is 3.86. The number of aromatic nitrogens is 2. The molecule has 3 aromatic rings. The van der Waals surface area contributed by atoms with Crippen LogP contribution in [0.3, 0.4) is 0 Å². The van der Waals surface area contributed by atoms with E-state index in [1.807, 2.05) is 30.3 Å². The number of unbranched alkanes of at least 4 members (excludes halogenated alkanes) is 1. The second-order valence-electron chi connectivity index (χ2n) is 5.76. The zero-order valence-corrected chi connectivity index (χ0v) is 13.9. The van der Waals surface area contributed by atoms with Gasteiger partial charge in [-0.2, -0.15) is 0 Å². The van der Waals surface area contributed by atoms with Crippen molar-refractivity contribution in [3.8, 4) is 11.3 Å². The molecule has 0 aliphatic carbocycles. The smallest absolute Gasteiger partial charge is 0.236 e. The van der Waals surface area contributed by atoms with Gasteiger partial charge in [0.2, 0.25) is 5.78 Å². The Morgan fingerprint density at radius 2 is 1.88 bits per heavy atom. The second kappa shape index (κ2) is 7.70. The summed E-state index contributed by atoms with van der Waals surface area (Å²) in [6.45, 7) is 1.57. The van der Waals surface area contributed by atoms with Crippen molar-refractivity contribution in [2.45, 2.75) is 32.6 Å². The van der Waals surface area contributed by atoms with Crippen LogP contribution in [0.4, 0.5) is 0 Å². The molecule has 6 nitrogen and oxygen atoms in total. The number of carbonyl (C=O) groups excluding carboxylic acids is 2. The van der Waals surface area contributed by atoms with Crippen LogP contribution in [0, 0.1) is 0 Å². The highest BCUT2D eigenvalue weighted by atomic mass is 16.3. The molecule has 0 saturated heterocycles. The second-order valence-corrected chi connectivity index (χ2v) is 5.76. The number of hydrogen-bond donors (Lipinski definition) is 0. The molecule has 2 heterocycles. The average Bonchev–Trinajstić information content (AvgIpc) is 3.28. The first kappa shape index (κ1) is 16.8. The van der Waals surface area contributed by atoms with Crippen LogP contribution in [0.15, 0.2) is 51.8 Å². The molecule has 3 rings (SSSR count). The number of aryl methyl sites for hydroxylation is 1. The molecular formula is C19H18N2O4. The molecule has 0 unspecified atom stereocenters. The van der Waals surface area contributed by atoms with Crippen molar-refractivity contribution in [1.82, 2.24) is 9.97 Å². The molecule has 0 radical (unpaired) electrons. The van der Waals surface area contributed by atoms with Crippen molar-refractivity contribution in [1.29, 1.82) is 0 Å². The van der Waals surface area contributed by atoms with E-state index < -0.39 is 0 Å². The number of benzene rings is 1. The zero-order chi connectivity index (χ0) is 17.6. The van der Waals surface area contributed by atoms with Crippen LogP contribution in [0.25, 0.3) is 11.3 Å². The lowest BCUT2D eigenvalue weighted by Crippen LogP contribution is -2.04. The fourth-order valence-corrected chi connectivity index (χ4v) is 2.50. The minimum atomic E-state index is -0.341. The molecule has 1 aromatic carbocycles. The van der Waals surface area contributed by atoms with Crippen LogP contribution < -0.4 is 0 Å². The van der Waals surface area contributed by atoms with E-state index in [4.69, 9.17) is 8.83 Å². The Balaban J connectivity index is 1.71. The Morgan fingerprint density at radius 1 is 1.08 bits per heavy atom. The van der Waals surface area contributed by atoms with Crippen molar-refractivity contribution in [3.05, 3.63) is 60.3 Å². The number of nitrogens with zero attached hydrogens (tertiary/aromatic N) is 2. The van der Waals surface area contributed by atoms with Crippen molar-refractivity contribution in [3.63, 3.8) is 0 Å². The lowest BCUT2D eigenvalue weighted by molar-refractivity contribution is -0.117. The fourth-order valence-electron chi connectivity index (χ4n) is 2.50. The van der Waals surface area contributed by atoms with Crippen molar-refractivity contribution < 1.29 is 18.4 Å². The molecule has 0 fully saturated rings. The summed E-state index contributed by atoms with van der Waals surface area (Å²) in [6.07, 6.45) is 5.29. The van der Waals surface area contributed by atoms with Gasteiger partial charge in [0.25, 0.3) is 0 Å². The van der Waals surface area contributed by atoms with E-state index in [0.29, 0.717) is 24.5 Å². The van der Waals surface area contributed by atoms with E-state index >= 15 is 0 Å². The van der Waals surface area contributed by atoms with Gasteiger partial charge in [0.05, 0.1) is 0 Å². The molecule has 2 aromatic heterocycles. The molecule has 0 aliphatic heterocycles. The molecule has 0 aliphatic rings. The van der Waals surface area contributed by atoms with E-state index in [1.165, 1.54) is 12.7 Å². The first-order valence-corrected chi connectivity index (χ1v) is 8.12. The third-order valence-corrected chi connectivity index (χ3v) is 3.77. The van der Waals surface area contributed by atoms with E-state index in [-0.39, 0.29) is 23.0 Å². The Bertz CT molecular complexity index is 864. The maximum atomic E-state index is 12.6. The van der Waals surface area contributed by atoms with Gasteiger partial charge < -0.3 is 13.6 Å². The number of rotatable bonds is 8. The van der Waals surface area contributed by atoms with Gasteiger partial charge in [-0.1, -0.05) is 30.3 Å². The summed E-state index contributed by atoms with van der Waals surface area (Å²) >= 11 is 0. The summed E-state index contributed by atoms with van der Waals surface area (Å²) in [7, 11) is 0. The van der Waals surface area contributed by atoms with Crippen LogP contribution in [0.1, 0.15) is 48.3 Å². The van der Waals surface area contributed by atoms with Crippen LogP contribution in [0.5, 0.6) is 0 Å². The number of oxazole rings is 2. The number of carbonyl (C=O) groups is 2. The summed E-state index contributed by atoms with van der Waals surface area (Å²) in [4.78, 5) is 31.8. The van der Waals surface area contributed by atoms with Crippen molar-refractivity contribution >= 4 is 11.6 Å². The van der Waals surface area contributed by atoms with Crippen molar-refractivity contribution in [2.24, 2.45) is 0 Å². The van der Waals surface area contributed by atoms with Crippen LogP contribution in [-0.4, -0.2) is 21.5 Å². The van der Waals surface area contributed by atoms with Gasteiger partial charge in [-0.15, -0.1) is 0 Å².